The number of halogens is 5. The number of nitrogens with one attached hydrogen (secondary N) is 1. The van der Waals surface area contributed by atoms with Gasteiger partial charge in [-0.3, -0.25) is 4.79 Å². The first kappa shape index (κ1) is 21.6. The van der Waals surface area contributed by atoms with Crippen molar-refractivity contribution in [3.63, 3.8) is 0 Å². The Bertz CT molecular complexity index is 895. The molecule has 0 saturated carbocycles. The number of nitrogens with two attached hydrogens (primary N) is 1. The number of ether oxygens (including phenoxy) is 1. The van der Waals surface area contributed by atoms with Crippen LogP contribution in [-0.2, 0) is 6.54 Å². The van der Waals surface area contributed by atoms with Gasteiger partial charge < -0.3 is 15.8 Å². The lowest BCUT2D eigenvalue weighted by Gasteiger charge is -2.12. The van der Waals surface area contributed by atoms with E-state index in [9.17, 15) is 18.0 Å². The molecule has 0 aliphatic rings. The van der Waals surface area contributed by atoms with E-state index in [1.807, 2.05) is 0 Å². The highest BCUT2D eigenvalue weighted by Crippen LogP contribution is 2.26. The molecule has 1 amide bonds. The Morgan fingerprint density at radius 3 is 2.43 bits per heavy atom. The summed E-state index contributed by atoms with van der Waals surface area (Å²) in [6.07, 6.45) is -2.18. The van der Waals surface area contributed by atoms with Gasteiger partial charge in [0.2, 0.25) is 0 Å². The van der Waals surface area contributed by atoms with Crippen molar-refractivity contribution in [3.8, 4) is 5.75 Å². The van der Waals surface area contributed by atoms with E-state index in [4.69, 9.17) is 28.9 Å². The summed E-state index contributed by atoms with van der Waals surface area (Å²) in [5, 5.41) is 3.02. The summed E-state index contributed by atoms with van der Waals surface area (Å²) >= 11 is 11.9. The van der Waals surface area contributed by atoms with Gasteiger partial charge in [0, 0.05) is 18.3 Å². The smallest absolute Gasteiger partial charge is 0.405 e. The number of aliphatic imine (C=N–C) groups is 1. The standard InChI is InChI=1S/C18H14Cl2F3N3O2/c19-12-5-3-6-13(20)16(12)17(27)26-15(24)8-9-25-10-11-4-1-2-7-14(11)28-18(21,22)23/h1-9,25H,10H2,(H2,24,26,27)/b9-8-. The number of hydrogen-bond donors (Lipinski definition) is 2. The van der Waals surface area contributed by atoms with E-state index in [0.29, 0.717) is 0 Å². The molecular weight excluding hydrogens is 418 g/mol. The zero-order valence-electron chi connectivity index (χ0n) is 14.1. The summed E-state index contributed by atoms with van der Waals surface area (Å²) in [7, 11) is 0. The van der Waals surface area contributed by atoms with Crippen molar-refractivity contribution in [2.24, 2.45) is 10.7 Å². The largest absolute Gasteiger partial charge is 0.573 e. The molecule has 0 radical (unpaired) electrons. The fourth-order valence-electron chi connectivity index (χ4n) is 2.10. The molecule has 3 N–H and O–H groups in total. The summed E-state index contributed by atoms with van der Waals surface area (Å²) in [6.45, 7) is 0.0281. The number of alkyl halides is 3. The van der Waals surface area contributed by atoms with Crippen LogP contribution in [0.15, 0.2) is 59.7 Å². The third-order valence-electron chi connectivity index (χ3n) is 3.27. The number of hydrogen-bond acceptors (Lipinski definition) is 3. The van der Waals surface area contributed by atoms with Gasteiger partial charge in [-0.25, -0.2) is 0 Å². The lowest BCUT2D eigenvalue weighted by molar-refractivity contribution is -0.274. The average molecular weight is 432 g/mol. The minimum Gasteiger partial charge on any atom is -0.405 e. The minimum absolute atomic E-state index is 0.0216. The zero-order chi connectivity index (χ0) is 20.7. The molecule has 28 heavy (non-hydrogen) atoms. The normalized spacial score (nSPS) is 12.2. The van der Waals surface area contributed by atoms with Gasteiger partial charge in [-0.15, -0.1) is 13.2 Å². The molecule has 0 aromatic heterocycles. The topological polar surface area (TPSA) is 76.7 Å². The molecule has 2 aromatic rings. The zero-order valence-corrected chi connectivity index (χ0v) is 15.6. The van der Waals surface area contributed by atoms with Crippen LogP contribution in [0, 0.1) is 0 Å². The van der Waals surface area contributed by atoms with Crippen molar-refractivity contribution < 1.29 is 22.7 Å². The van der Waals surface area contributed by atoms with Crippen LogP contribution in [0.1, 0.15) is 15.9 Å². The van der Waals surface area contributed by atoms with Gasteiger partial charge in [-0.2, -0.15) is 4.99 Å². The predicted molar refractivity (Wildman–Crippen MR) is 102 cm³/mol. The summed E-state index contributed by atoms with van der Waals surface area (Å²) in [4.78, 5) is 15.8. The van der Waals surface area contributed by atoms with E-state index >= 15 is 0 Å². The number of nitrogens with zero attached hydrogens (tertiary/aromatic N) is 1. The number of rotatable bonds is 6. The third kappa shape index (κ3) is 6.47. The molecule has 0 fully saturated rings. The maximum absolute atomic E-state index is 12.4. The summed E-state index contributed by atoms with van der Waals surface area (Å²) < 4.78 is 41.1. The van der Waals surface area contributed by atoms with Crippen molar-refractivity contribution in [1.29, 1.82) is 0 Å². The lowest BCUT2D eigenvalue weighted by Crippen LogP contribution is -2.19. The first-order chi connectivity index (χ1) is 13.2. The molecule has 148 valence electrons. The second kappa shape index (κ2) is 9.48. The molecule has 0 aliphatic heterocycles. The number of benzene rings is 2. The van der Waals surface area contributed by atoms with Crippen LogP contribution in [0.4, 0.5) is 13.2 Å². The van der Waals surface area contributed by atoms with Gasteiger partial charge >= 0.3 is 6.36 Å². The van der Waals surface area contributed by atoms with Crippen molar-refractivity contribution in [1.82, 2.24) is 5.32 Å². The van der Waals surface area contributed by atoms with Gasteiger partial charge in [-0.1, -0.05) is 47.5 Å². The van der Waals surface area contributed by atoms with E-state index in [1.165, 1.54) is 42.6 Å². The first-order valence-corrected chi connectivity index (χ1v) is 8.49. The van der Waals surface area contributed by atoms with Gasteiger partial charge in [0.1, 0.15) is 11.6 Å². The fraction of sp³-hybridized carbons (Fsp3) is 0.111. The molecule has 0 heterocycles. The molecule has 0 atom stereocenters. The summed E-state index contributed by atoms with van der Waals surface area (Å²) in [5.41, 5.74) is 5.95. The Morgan fingerprint density at radius 2 is 1.79 bits per heavy atom. The maximum Gasteiger partial charge on any atom is 0.573 e. The Hall–Kier alpha value is -2.71. The van der Waals surface area contributed by atoms with Crippen molar-refractivity contribution in [3.05, 3.63) is 75.9 Å². The van der Waals surface area contributed by atoms with Crippen LogP contribution >= 0.6 is 23.2 Å². The number of amides is 1. The number of carbonyl (C=O) groups excluding carboxylic acids is 1. The van der Waals surface area contributed by atoms with Crippen LogP contribution in [0.3, 0.4) is 0 Å². The molecule has 0 unspecified atom stereocenters. The Kier molecular flexibility index (Phi) is 7.31. The molecule has 5 nitrogen and oxygen atoms in total. The molecule has 0 aliphatic carbocycles. The average Bonchev–Trinajstić information content (AvgIpc) is 2.58. The quantitative estimate of drug-likeness (QED) is 0.513. The SMILES string of the molecule is NC(/C=C\NCc1ccccc1OC(F)(F)F)=NC(=O)c1c(Cl)cccc1Cl. The molecule has 2 rings (SSSR count). The summed E-state index contributed by atoms with van der Waals surface area (Å²) in [6, 6.07) is 10.2. The second-order valence-electron chi connectivity index (χ2n) is 5.31. The molecule has 2 aromatic carbocycles. The summed E-state index contributed by atoms with van der Waals surface area (Å²) in [5.74, 6) is -1.18. The molecule has 0 saturated heterocycles. The van der Waals surface area contributed by atoms with Crippen LogP contribution in [-0.4, -0.2) is 18.1 Å². The van der Waals surface area contributed by atoms with Crippen LogP contribution in [0.25, 0.3) is 0 Å². The van der Waals surface area contributed by atoms with E-state index < -0.39 is 12.3 Å². The number of carbonyl (C=O) groups is 1. The Morgan fingerprint density at radius 1 is 1.14 bits per heavy atom. The van der Waals surface area contributed by atoms with E-state index in [2.05, 4.69) is 15.0 Å². The first-order valence-electron chi connectivity index (χ1n) is 7.73. The highest BCUT2D eigenvalue weighted by atomic mass is 35.5. The van der Waals surface area contributed by atoms with Gasteiger partial charge in [-0.05, 0) is 24.3 Å². The van der Waals surface area contributed by atoms with Crippen molar-refractivity contribution >= 4 is 34.9 Å². The Labute approximate surface area is 168 Å². The van der Waals surface area contributed by atoms with Crippen LogP contribution in [0.2, 0.25) is 10.0 Å². The van der Waals surface area contributed by atoms with Gasteiger partial charge in [0.25, 0.3) is 5.91 Å². The van der Waals surface area contributed by atoms with Gasteiger partial charge in [0.15, 0.2) is 0 Å². The molecule has 0 bridgehead atoms. The molecular formula is C18H14Cl2F3N3O2. The predicted octanol–water partition coefficient (Wildman–Crippen LogP) is 4.69. The monoisotopic (exact) mass is 431 g/mol. The fourth-order valence-corrected chi connectivity index (χ4v) is 2.66. The van der Waals surface area contributed by atoms with Crippen molar-refractivity contribution in [2.45, 2.75) is 12.9 Å². The molecule has 0 spiro atoms. The lowest BCUT2D eigenvalue weighted by atomic mass is 10.2. The highest BCUT2D eigenvalue weighted by Gasteiger charge is 2.31. The van der Waals surface area contributed by atoms with Gasteiger partial charge in [0.05, 0.1) is 15.6 Å². The maximum atomic E-state index is 12.4. The van der Waals surface area contributed by atoms with Crippen molar-refractivity contribution in [2.75, 3.05) is 0 Å². The van der Waals surface area contributed by atoms with Crippen LogP contribution in [0.5, 0.6) is 5.75 Å². The number of amidine groups is 1. The highest BCUT2D eigenvalue weighted by molar-refractivity contribution is 6.40. The van der Waals surface area contributed by atoms with E-state index in [1.54, 1.807) is 12.1 Å². The third-order valence-corrected chi connectivity index (χ3v) is 3.90. The molecule has 10 heteroatoms. The van der Waals surface area contributed by atoms with E-state index in [-0.39, 0.29) is 39.3 Å². The Balaban J connectivity index is 2.00. The minimum atomic E-state index is -4.79. The van der Waals surface area contributed by atoms with Crippen LogP contribution < -0.4 is 15.8 Å². The van der Waals surface area contributed by atoms with E-state index in [0.717, 1.165) is 0 Å². The number of para-hydroxylation sites is 1. The second-order valence-corrected chi connectivity index (χ2v) is 6.12.